The van der Waals surface area contributed by atoms with Crippen molar-refractivity contribution in [3.05, 3.63) is 75.3 Å². The molecule has 0 saturated carbocycles. The van der Waals surface area contributed by atoms with Crippen LogP contribution in [0.3, 0.4) is 0 Å². The third-order valence-corrected chi connectivity index (χ3v) is 5.56. The fourth-order valence-corrected chi connectivity index (χ4v) is 3.92. The lowest BCUT2D eigenvalue weighted by atomic mass is 10.1. The fourth-order valence-electron chi connectivity index (χ4n) is 3.76. The van der Waals surface area contributed by atoms with E-state index in [-0.39, 0.29) is 24.0 Å². The van der Waals surface area contributed by atoms with Crippen LogP contribution in [0.15, 0.2) is 53.3 Å². The number of benzene rings is 2. The van der Waals surface area contributed by atoms with Crippen LogP contribution in [-0.2, 0) is 22.7 Å². The summed E-state index contributed by atoms with van der Waals surface area (Å²) in [4.78, 5) is 32.7. The van der Waals surface area contributed by atoms with E-state index in [1.807, 2.05) is 44.2 Å². The van der Waals surface area contributed by atoms with Crippen molar-refractivity contribution in [2.45, 2.75) is 46.9 Å². The standard InChI is InChI=1S/C25H30ClN3O3/c1-5-28-24(27-22-13-20(26)11-12-21(22)25(28)31)18(4)29(14-17(2)3)23(30)16-32-15-19-9-7-6-8-10-19/h6-13,17-18H,5,14-16H2,1-4H3. The van der Waals surface area contributed by atoms with Gasteiger partial charge in [0.25, 0.3) is 5.56 Å². The van der Waals surface area contributed by atoms with Gasteiger partial charge in [-0.25, -0.2) is 4.98 Å². The molecule has 3 rings (SSSR count). The second kappa shape index (κ2) is 10.7. The highest BCUT2D eigenvalue weighted by molar-refractivity contribution is 6.31. The summed E-state index contributed by atoms with van der Waals surface area (Å²) in [5.74, 6) is 0.654. The van der Waals surface area contributed by atoms with Gasteiger partial charge >= 0.3 is 0 Å². The Morgan fingerprint density at radius 1 is 1.16 bits per heavy atom. The average Bonchev–Trinajstić information content (AvgIpc) is 2.77. The molecule has 0 radical (unpaired) electrons. The number of aromatic nitrogens is 2. The Balaban J connectivity index is 1.89. The van der Waals surface area contributed by atoms with Crippen LogP contribution < -0.4 is 5.56 Å². The Kier molecular flexibility index (Phi) is 8.04. The fraction of sp³-hybridized carbons (Fsp3) is 0.400. The second-order valence-corrected chi connectivity index (χ2v) is 8.71. The smallest absolute Gasteiger partial charge is 0.261 e. The molecule has 1 heterocycles. The number of carbonyl (C=O) groups is 1. The van der Waals surface area contributed by atoms with Crippen molar-refractivity contribution in [2.75, 3.05) is 13.2 Å². The van der Waals surface area contributed by atoms with Gasteiger partial charge in [-0.3, -0.25) is 14.2 Å². The summed E-state index contributed by atoms with van der Waals surface area (Å²) in [6.45, 7) is 9.22. The maximum atomic E-state index is 13.2. The zero-order valence-corrected chi connectivity index (χ0v) is 19.8. The molecule has 0 spiro atoms. The third-order valence-electron chi connectivity index (χ3n) is 5.32. The Morgan fingerprint density at radius 2 is 1.88 bits per heavy atom. The van der Waals surface area contributed by atoms with Gasteiger partial charge in [-0.2, -0.15) is 0 Å². The third kappa shape index (κ3) is 5.56. The van der Waals surface area contributed by atoms with Crippen molar-refractivity contribution >= 4 is 28.4 Å². The SMILES string of the molecule is CCn1c(C(C)N(CC(C)C)C(=O)COCc2ccccc2)nc2cc(Cl)ccc2c1=O. The minimum atomic E-state index is -0.402. The first kappa shape index (κ1) is 24.0. The number of hydrogen-bond donors (Lipinski definition) is 0. The zero-order valence-electron chi connectivity index (χ0n) is 19.0. The molecular weight excluding hydrogens is 426 g/mol. The molecule has 6 nitrogen and oxygen atoms in total. The molecule has 170 valence electrons. The van der Waals surface area contributed by atoms with E-state index in [4.69, 9.17) is 21.3 Å². The van der Waals surface area contributed by atoms with Gasteiger partial charge in [0, 0.05) is 18.1 Å². The second-order valence-electron chi connectivity index (χ2n) is 8.28. The lowest BCUT2D eigenvalue weighted by Crippen LogP contribution is -2.41. The molecule has 1 atom stereocenters. The number of halogens is 1. The van der Waals surface area contributed by atoms with Gasteiger partial charge in [0.1, 0.15) is 12.4 Å². The molecule has 32 heavy (non-hydrogen) atoms. The van der Waals surface area contributed by atoms with E-state index < -0.39 is 6.04 Å². The van der Waals surface area contributed by atoms with Crippen LogP contribution in [-0.4, -0.2) is 33.5 Å². The van der Waals surface area contributed by atoms with Crippen LogP contribution in [0.5, 0.6) is 0 Å². The van der Waals surface area contributed by atoms with Gasteiger partial charge in [0.2, 0.25) is 5.91 Å². The summed E-state index contributed by atoms with van der Waals surface area (Å²) < 4.78 is 7.33. The summed E-state index contributed by atoms with van der Waals surface area (Å²) in [5, 5.41) is 1.03. The molecule has 1 aromatic heterocycles. The van der Waals surface area contributed by atoms with Crippen LogP contribution in [0.25, 0.3) is 10.9 Å². The van der Waals surface area contributed by atoms with Crippen LogP contribution in [0.2, 0.25) is 5.02 Å². The van der Waals surface area contributed by atoms with Crippen molar-refractivity contribution in [2.24, 2.45) is 5.92 Å². The Hall–Kier alpha value is -2.70. The van der Waals surface area contributed by atoms with E-state index >= 15 is 0 Å². The highest BCUT2D eigenvalue weighted by Crippen LogP contribution is 2.23. The number of amides is 1. The Bertz CT molecular complexity index is 1130. The minimum absolute atomic E-state index is 0.0400. The van der Waals surface area contributed by atoms with Gasteiger partial charge in [0.15, 0.2) is 0 Å². The number of rotatable bonds is 9. The Morgan fingerprint density at radius 3 is 2.53 bits per heavy atom. The lowest BCUT2D eigenvalue weighted by Gasteiger charge is -2.31. The summed E-state index contributed by atoms with van der Waals surface area (Å²) in [5.41, 5.74) is 1.41. The molecule has 0 fully saturated rings. The van der Waals surface area contributed by atoms with Gasteiger partial charge in [0.05, 0.1) is 23.6 Å². The minimum Gasteiger partial charge on any atom is -0.367 e. The topological polar surface area (TPSA) is 64.4 Å². The molecule has 0 saturated heterocycles. The van der Waals surface area contributed by atoms with Gasteiger partial charge in [-0.15, -0.1) is 0 Å². The number of nitrogens with zero attached hydrogens (tertiary/aromatic N) is 3. The first-order valence-corrected chi connectivity index (χ1v) is 11.3. The number of hydrogen-bond acceptors (Lipinski definition) is 4. The predicted molar refractivity (Wildman–Crippen MR) is 128 cm³/mol. The van der Waals surface area contributed by atoms with Crippen LogP contribution in [0, 0.1) is 5.92 Å². The van der Waals surface area contributed by atoms with Gasteiger partial charge < -0.3 is 9.64 Å². The molecule has 1 unspecified atom stereocenters. The van der Waals surface area contributed by atoms with E-state index in [0.717, 1.165) is 5.56 Å². The van der Waals surface area contributed by atoms with Gasteiger partial charge in [-0.1, -0.05) is 55.8 Å². The highest BCUT2D eigenvalue weighted by atomic mass is 35.5. The average molecular weight is 456 g/mol. The predicted octanol–water partition coefficient (Wildman–Crippen LogP) is 4.83. The summed E-state index contributed by atoms with van der Waals surface area (Å²) >= 11 is 6.14. The van der Waals surface area contributed by atoms with Crippen LogP contribution >= 0.6 is 11.6 Å². The number of fused-ring (bicyclic) bond motifs is 1. The molecule has 2 aromatic carbocycles. The van der Waals surface area contributed by atoms with E-state index in [9.17, 15) is 9.59 Å². The van der Waals surface area contributed by atoms with E-state index in [2.05, 4.69) is 13.8 Å². The monoisotopic (exact) mass is 455 g/mol. The Labute approximate surface area is 193 Å². The van der Waals surface area contributed by atoms with Crippen LogP contribution in [0.1, 0.15) is 45.1 Å². The molecule has 0 aliphatic heterocycles. The van der Waals surface area contributed by atoms with E-state index in [0.29, 0.717) is 41.4 Å². The van der Waals surface area contributed by atoms with Crippen LogP contribution in [0.4, 0.5) is 0 Å². The summed E-state index contributed by atoms with van der Waals surface area (Å²) in [6.07, 6.45) is 0. The van der Waals surface area contributed by atoms with Crippen molar-refractivity contribution < 1.29 is 9.53 Å². The van der Waals surface area contributed by atoms with E-state index in [1.165, 1.54) is 0 Å². The maximum absolute atomic E-state index is 13.2. The van der Waals surface area contributed by atoms with Gasteiger partial charge in [-0.05, 0) is 43.5 Å². The lowest BCUT2D eigenvalue weighted by molar-refractivity contribution is -0.139. The van der Waals surface area contributed by atoms with Crippen molar-refractivity contribution in [3.8, 4) is 0 Å². The number of ether oxygens (including phenoxy) is 1. The number of carbonyl (C=O) groups excluding carboxylic acids is 1. The summed E-state index contributed by atoms with van der Waals surface area (Å²) in [6, 6.07) is 14.4. The normalized spacial score (nSPS) is 12.3. The zero-order chi connectivity index (χ0) is 23.3. The molecule has 0 aliphatic rings. The van der Waals surface area contributed by atoms with Crippen molar-refractivity contribution in [3.63, 3.8) is 0 Å². The van der Waals surface area contributed by atoms with E-state index in [1.54, 1.807) is 27.7 Å². The van der Waals surface area contributed by atoms with Crippen molar-refractivity contribution in [1.29, 1.82) is 0 Å². The molecule has 0 bridgehead atoms. The van der Waals surface area contributed by atoms with Crippen molar-refractivity contribution in [1.82, 2.24) is 14.5 Å². The molecule has 7 heteroatoms. The molecule has 3 aromatic rings. The maximum Gasteiger partial charge on any atom is 0.261 e. The molecule has 0 N–H and O–H groups in total. The molecule has 1 amide bonds. The molecular formula is C25H30ClN3O3. The molecule has 0 aliphatic carbocycles. The first-order chi connectivity index (χ1) is 15.3. The quantitative estimate of drug-likeness (QED) is 0.463. The first-order valence-electron chi connectivity index (χ1n) is 10.9. The summed E-state index contributed by atoms with van der Waals surface area (Å²) in [7, 11) is 0. The highest BCUT2D eigenvalue weighted by Gasteiger charge is 2.26. The largest absolute Gasteiger partial charge is 0.367 e.